The van der Waals surface area contributed by atoms with Gasteiger partial charge in [-0.25, -0.2) is 0 Å². The Bertz CT molecular complexity index is 670. The number of carbonyl (C=O) groups is 1. The number of hydrogen-bond donors (Lipinski definition) is 0. The van der Waals surface area contributed by atoms with Gasteiger partial charge in [0.2, 0.25) is 5.91 Å². The topological polar surface area (TPSA) is 54.7 Å². The fraction of sp³-hybridized carbons (Fsp3) is 0.667. The van der Waals surface area contributed by atoms with Crippen LogP contribution in [0.4, 0.5) is 0 Å². The summed E-state index contributed by atoms with van der Waals surface area (Å²) in [6, 6.07) is 8.91. The number of hydrogen-bond acceptors (Lipinski definition) is 5. The summed E-state index contributed by atoms with van der Waals surface area (Å²) in [5.41, 5.74) is 1.22. The molecule has 0 spiro atoms. The van der Waals surface area contributed by atoms with Gasteiger partial charge in [-0.15, -0.1) is 6.54 Å². The van der Waals surface area contributed by atoms with Gasteiger partial charge in [-0.2, -0.15) is 18.1 Å². The van der Waals surface area contributed by atoms with Crippen LogP contribution in [0.3, 0.4) is 0 Å². The van der Waals surface area contributed by atoms with E-state index in [2.05, 4.69) is 29.4 Å². The van der Waals surface area contributed by atoms with E-state index in [1.807, 2.05) is 17.0 Å². The third-order valence-corrected chi connectivity index (χ3v) is 6.92. The van der Waals surface area contributed by atoms with Gasteiger partial charge in [0.25, 0.3) is 0 Å². The van der Waals surface area contributed by atoms with Gasteiger partial charge < -0.3 is 35.5 Å². The molecule has 0 saturated carbocycles. The Labute approximate surface area is 206 Å². The van der Waals surface area contributed by atoms with Gasteiger partial charge in [-0.05, 0) is 56.5 Å². The molecule has 3 rings (SSSR count). The molecule has 165 valence electrons. The number of benzene rings is 1. The number of amides is 1. The van der Waals surface area contributed by atoms with Gasteiger partial charge in [0.15, 0.2) is 0 Å². The van der Waals surface area contributed by atoms with Crippen molar-refractivity contribution in [1.29, 1.82) is 0 Å². The van der Waals surface area contributed by atoms with Crippen molar-refractivity contribution in [3.63, 3.8) is 0 Å². The van der Waals surface area contributed by atoms with E-state index >= 15 is 0 Å². The zero-order valence-electron chi connectivity index (χ0n) is 17.2. The quantitative estimate of drug-likeness (QED) is 0.348. The molecule has 0 aliphatic carbocycles. The predicted molar refractivity (Wildman–Crippen MR) is 122 cm³/mol. The van der Waals surface area contributed by atoms with E-state index in [4.69, 9.17) is 40.4 Å². The van der Waals surface area contributed by atoms with E-state index < -0.39 is 0 Å². The first kappa shape index (κ1) is 26.3. The summed E-state index contributed by atoms with van der Waals surface area (Å²) in [5, 5.41) is 5.17. The molecule has 0 N–H and O–H groups in total. The Morgan fingerprint density at radius 3 is 2.50 bits per heavy atom. The van der Waals surface area contributed by atoms with Crippen LogP contribution in [0.1, 0.15) is 30.7 Å². The van der Waals surface area contributed by atoms with E-state index in [-0.39, 0.29) is 17.7 Å². The van der Waals surface area contributed by atoms with Crippen molar-refractivity contribution in [2.45, 2.75) is 37.3 Å². The van der Waals surface area contributed by atoms with Crippen molar-refractivity contribution in [3.05, 3.63) is 40.2 Å². The number of piperidine rings is 1. The molecule has 2 unspecified atom stereocenters. The van der Waals surface area contributed by atoms with Crippen molar-refractivity contribution >= 4 is 42.8 Å². The summed E-state index contributed by atoms with van der Waals surface area (Å²) >= 11 is 17.2. The van der Waals surface area contributed by atoms with Crippen LogP contribution in [0.2, 0.25) is 5.02 Å². The molecule has 1 amide bonds. The van der Waals surface area contributed by atoms with Crippen LogP contribution in [-0.4, -0.2) is 72.5 Å². The summed E-state index contributed by atoms with van der Waals surface area (Å²) < 4.78 is 8.22. The van der Waals surface area contributed by atoms with Gasteiger partial charge >= 0.3 is 22.4 Å². The number of carbonyl (C=O) groups excluding carboxylic acids is 1. The molecule has 30 heavy (non-hydrogen) atoms. The van der Waals surface area contributed by atoms with Crippen molar-refractivity contribution in [2.75, 3.05) is 44.7 Å². The molecule has 2 bridgehead atoms. The van der Waals surface area contributed by atoms with Crippen molar-refractivity contribution < 1.29 is 27.2 Å². The maximum atomic E-state index is 13.7. The Kier molecular flexibility index (Phi) is 11.9. The Morgan fingerprint density at radius 2 is 1.87 bits per heavy atom. The van der Waals surface area contributed by atoms with Crippen LogP contribution < -0.4 is 0 Å². The summed E-state index contributed by atoms with van der Waals surface area (Å²) in [4.78, 5) is 18.1. The van der Waals surface area contributed by atoms with Crippen molar-refractivity contribution in [3.8, 4) is 0 Å². The third kappa shape index (κ3) is 6.53. The summed E-state index contributed by atoms with van der Waals surface area (Å²) in [5.74, 6) is 1.61. The number of nitrogens with zero attached hydrogens (tertiary/aromatic N) is 3. The molecule has 2 heterocycles. The molecule has 0 radical (unpaired) electrons. The second kappa shape index (κ2) is 13.6. The van der Waals surface area contributed by atoms with E-state index in [1.165, 1.54) is 12.0 Å². The Balaban J connectivity index is 0.00000155. The molecule has 1 aromatic rings. The normalized spacial score (nSPS) is 25.5. The molecule has 0 aromatic heterocycles. The van der Waals surface area contributed by atoms with Crippen LogP contribution in [0.5, 0.6) is 0 Å². The fourth-order valence-electron chi connectivity index (χ4n) is 4.88. The second-order valence-corrected chi connectivity index (χ2v) is 9.04. The third-order valence-electron chi connectivity index (χ3n) is 6.30. The van der Waals surface area contributed by atoms with E-state index in [1.54, 1.807) is 0 Å². The average molecular weight is 553 g/mol. The first-order valence-corrected chi connectivity index (χ1v) is 12.6. The van der Waals surface area contributed by atoms with Gasteiger partial charge in [-0.1, -0.05) is 23.7 Å². The number of fused-ring (bicyclic) bond motifs is 2. The second-order valence-electron chi connectivity index (χ2n) is 7.79. The molecule has 2 fully saturated rings. The first-order valence-electron chi connectivity index (χ1n) is 10.3. The van der Waals surface area contributed by atoms with Gasteiger partial charge in [0.1, 0.15) is 0 Å². The average Bonchev–Trinajstić information content (AvgIpc) is 2.99. The molecule has 2 saturated heterocycles. The van der Waals surface area contributed by atoms with E-state index in [9.17, 15) is 4.79 Å². The van der Waals surface area contributed by atoms with Crippen LogP contribution in [0.25, 0.3) is 5.32 Å². The molecular formula is C21H29ClN3O2S2Tc+. The zero-order valence-corrected chi connectivity index (χ0v) is 21.5. The minimum absolute atomic E-state index is 0.0366. The van der Waals surface area contributed by atoms with Gasteiger partial charge in [0.05, 0.1) is 5.92 Å². The van der Waals surface area contributed by atoms with Crippen LogP contribution in [0, 0.1) is 5.92 Å². The van der Waals surface area contributed by atoms with Crippen LogP contribution in [0.15, 0.2) is 24.3 Å². The Morgan fingerprint density at radius 1 is 1.17 bits per heavy atom. The standard InChI is InChI=1S/C21H31ClN3OS2.O.Tc/c1-24-17-6-7-19(24)20(18(14-17)15-2-4-16(22)5-3-15)21(26)25(11-13-28)10-8-23-9-12-27;;/h2-5,17-20,27-28H,6-14H2,1H3;;/q-1;;+4/p-2/t17?,18-,19?,20+;;/m1../s1. The molecular weight excluding hydrogens is 524 g/mol. The fourth-order valence-corrected chi connectivity index (χ4v) is 5.35. The SMILES string of the molecule is CN1C2CCC1[C@@H](C(=O)N(CC[S-])CC[N-]CC[S-])[C@@H](c1ccc(Cl)cc1)C2.[O]=[Tc+4]. The summed E-state index contributed by atoms with van der Waals surface area (Å²) in [6.07, 6.45) is 3.28. The van der Waals surface area contributed by atoms with Crippen molar-refractivity contribution in [1.82, 2.24) is 9.80 Å². The Hall–Kier alpha value is 0.0494. The number of halogens is 1. The first-order chi connectivity index (χ1) is 14.6. The molecule has 5 nitrogen and oxygen atoms in total. The number of rotatable bonds is 9. The summed E-state index contributed by atoms with van der Waals surface area (Å²) in [6.45, 7) is 2.56. The minimum atomic E-state index is -0.0366. The van der Waals surface area contributed by atoms with E-state index in [0.29, 0.717) is 49.8 Å². The zero-order chi connectivity index (χ0) is 22.1. The predicted octanol–water partition coefficient (Wildman–Crippen LogP) is 3.08. The monoisotopic (exact) mass is 551 g/mol. The molecule has 2 aliphatic rings. The van der Waals surface area contributed by atoms with Crippen LogP contribution in [-0.2, 0) is 52.4 Å². The van der Waals surface area contributed by atoms with Gasteiger partial charge in [0, 0.05) is 23.7 Å². The summed E-state index contributed by atoms with van der Waals surface area (Å²) in [7, 11) is 2.18. The van der Waals surface area contributed by atoms with E-state index in [0.717, 1.165) is 36.7 Å². The molecule has 2 aliphatic heterocycles. The van der Waals surface area contributed by atoms with Gasteiger partial charge in [-0.3, -0.25) is 9.69 Å². The van der Waals surface area contributed by atoms with Crippen LogP contribution >= 0.6 is 11.6 Å². The molecule has 4 atom stereocenters. The molecule has 9 heteroatoms. The molecule has 1 aromatic carbocycles. The van der Waals surface area contributed by atoms with Crippen molar-refractivity contribution in [2.24, 2.45) is 5.92 Å². The maximum absolute atomic E-state index is 13.7.